The van der Waals surface area contributed by atoms with Crippen LogP contribution >= 0.6 is 0 Å². The van der Waals surface area contributed by atoms with Gasteiger partial charge >= 0.3 is 5.82 Å². The highest BCUT2D eigenvalue weighted by Crippen LogP contribution is 2.29. The van der Waals surface area contributed by atoms with Crippen molar-refractivity contribution in [2.24, 2.45) is 0 Å². The highest BCUT2D eigenvalue weighted by atomic mass is 19.1. The summed E-state index contributed by atoms with van der Waals surface area (Å²) in [6, 6.07) is 9.21. The van der Waals surface area contributed by atoms with Crippen LogP contribution in [0.2, 0.25) is 0 Å². The lowest BCUT2D eigenvalue weighted by molar-refractivity contribution is -0.390. The Bertz CT molecular complexity index is 795. The van der Waals surface area contributed by atoms with Crippen molar-refractivity contribution in [3.05, 3.63) is 64.1 Å². The van der Waals surface area contributed by atoms with Crippen LogP contribution in [0.3, 0.4) is 0 Å². The molecule has 25 heavy (non-hydrogen) atoms. The summed E-state index contributed by atoms with van der Waals surface area (Å²) in [6.07, 6.45) is 2.99. The van der Waals surface area contributed by atoms with E-state index in [2.05, 4.69) is 4.98 Å². The van der Waals surface area contributed by atoms with Crippen LogP contribution < -0.4 is 4.74 Å². The second kappa shape index (κ2) is 7.25. The average Bonchev–Trinajstić information content (AvgIpc) is 3.44. The van der Waals surface area contributed by atoms with Gasteiger partial charge in [0.15, 0.2) is 6.61 Å². The molecule has 2 aromatic rings. The van der Waals surface area contributed by atoms with Gasteiger partial charge in [0.05, 0.1) is 0 Å². The minimum atomic E-state index is -0.669. The maximum absolute atomic E-state index is 13.8. The first-order valence-corrected chi connectivity index (χ1v) is 7.81. The van der Waals surface area contributed by atoms with Gasteiger partial charge < -0.3 is 19.8 Å². The Kier molecular flexibility index (Phi) is 4.87. The number of halogens is 1. The molecular weight excluding hydrogens is 329 g/mol. The predicted octanol–water partition coefficient (Wildman–Crippen LogP) is 2.70. The van der Waals surface area contributed by atoms with Crippen LogP contribution in [-0.2, 0) is 11.3 Å². The highest BCUT2D eigenvalue weighted by molar-refractivity contribution is 5.78. The van der Waals surface area contributed by atoms with Gasteiger partial charge in [-0.2, -0.15) is 0 Å². The summed E-state index contributed by atoms with van der Waals surface area (Å²) in [5, 5.41) is 10.9. The smallest absolute Gasteiger partial charge is 0.406 e. The zero-order valence-electron chi connectivity index (χ0n) is 13.3. The van der Waals surface area contributed by atoms with E-state index < -0.39 is 10.7 Å². The fourth-order valence-electron chi connectivity index (χ4n) is 2.47. The largest absolute Gasteiger partial charge is 0.476 e. The maximum Gasteiger partial charge on any atom is 0.406 e. The lowest BCUT2D eigenvalue weighted by Crippen LogP contribution is -2.36. The van der Waals surface area contributed by atoms with Gasteiger partial charge in [0.25, 0.3) is 5.91 Å². The normalized spacial score (nSPS) is 13.3. The van der Waals surface area contributed by atoms with Crippen molar-refractivity contribution >= 4 is 11.7 Å². The van der Waals surface area contributed by atoms with E-state index in [0.717, 1.165) is 12.8 Å². The van der Waals surface area contributed by atoms with Crippen LogP contribution in [0.4, 0.5) is 10.2 Å². The average molecular weight is 345 g/mol. The number of hydrogen-bond donors (Lipinski definition) is 0. The third kappa shape index (κ3) is 4.09. The number of ether oxygens (including phenoxy) is 1. The molecule has 8 heteroatoms. The summed E-state index contributed by atoms with van der Waals surface area (Å²) in [4.78, 5) is 27.9. The molecule has 0 N–H and O–H groups in total. The van der Waals surface area contributed by atoms with Crippen LogP contribution in [0.5, 0.6) is 5.75 Å². The monoisotopic (exact) mass is 345 g/mol. The summed E-state index contributed by atoms with van der Waals surface area (Å²) < 4.78 is 19.1. The van der Waals surface area contributed by atoms with Crippen LogP contribution in [0.15, 0.2) is 42.6 Å². The van der Waals surface area contributed by atoms with E-state index in [0.29, 0.717) is 5.56 Å². The molecule has 1 aliphatic carbocycles. The number of nitro groups is 1. The molecule has 130 valence electrons. The minimum Gasteiger partial charge on any atom is -0.476 e. The second-order valence-corrected chi connectivity index (χ2v) is 5.72. The number of aromatic nitrogens is 1. The maximum atomic E-state index is 13.8. The van der Waals surface area contributed by atoms with Crippen molar-refractivity contribution in [3.8, 4) is 5.75 Å². The number of hydrogen-bond acceptors (Lipinski definition) is 5. The molecule has 1 amide bonds. The molecular formula is C17H16FN3O4. The van der Waals surface area contributed by atoms with Crippen molar-refractivity contribution in [2.45, 2.75) is 25.4 Å². The molecule has 0 aliphatic heterocycles. The van der Waals surface area contributed by atoms with Crippen molar-refractivity contribution in [2.75, 3.05) is 6.61 Å². The Morgan fingerprint density at radius 3 is 2.76 bits per heavy atom. The second-order valence-electron chi connectivity index (χ2n) is 5.72. The highest BCUT2D eigenvalue weighted by Gasteiger charge is 2.33. The van der Waals surface area contributed by atoms with E-state index in [1.807, 2.05) is 0 Å². The number of nitrogens with zero attached hydrogens (tertiary/aromatic N) is 3. The molecule has 1 aromatic heterocycles. The standard InChI is InChI=1S/C17H16FN3O4/c18-14-5-2-1-4-12(14)10-20(13-7-8-13)16(22)11-25-15-6-3-9-19-17(15)21(23)24/h1-6,9,13H,7-8,10-11H2. The van der Waals surface area contributed by atoms with E-state index in [-0.39, 0.29) is 36.7 Å². The molecule has 0 bridgehead atoms. The van der Waals surface area contributed by atoms with E-state index in [1.54, 1.807) is 23.1 Å². The molecule has 0 radical (unpaired) electrons. The number of carbonyl (C=O) groups excluding carboxylic acids is 1. The van der Waals surface area contributed by atoms with Crippen molar-refractivity contribution < 1.29 is 18.8 Å². The first kappa shape index (κ1) is 16.8. The Labute approximate surface area is 143 Å². The summed E-state index contributed by atoms with van der Waals surface area (Å²) in [6.45, 7) is -0.216. The first-order valence-electron chi connectivity index (χ1n) is 7.81. The third-order valence-corrected chi connectivity index (χ3v) is 3.88. The van der Waals surface area contributed by atoms with Gasteiger partial charge in [-0.15, -0.1) is 0 Å². The fraction of sp³-hybridized carbons (Fsp3) is 0.294. The molecule has 0 spiro atoms. The predicted molar refractivity (Wildman–Crippen MR) is 86.4 cm³/mol. The summed E-state index contributed by atoms with van der Waals surface area (Å²) in [7, 11) is 0. The zero-order valence-corrected chi connectivity index (χ0v) is 13.3. The third-order valence-electron chi connectivity index (χ3n) is 3.88. The van der Waals surface area contributed by atoms with Crippen LogP contribution in [-0.4, -0.2) is 33.4 Å². The fourth-order valence-corrected chi connectivity index (χ4v) is 2.47. The lowest BCUT2D eigenvalue weighted by Gasteiger charge is -2.22. The van der Waals surface area contributed by atoms with Gasteiger partial charge in [-0.25, -0.2) is 4.39 Å². The molecule has 7 nitrogen and oxygen atoms in total. The van der Waals surface area contributed by atoms with E-state index >= 15 is 0 Å². The lowest BCUT2D eigenvalue weighted by atomic mass is 10.2. The number of benzene rings is 1. The molecule has 1 fully saturated rings. The van der Waals surface area contributed by atoms with Crippen molar-refractivity contribution in [1.29, 1.82) is 0 Å². The zero-order chi connectivity index (χ0) is 17.8. The molecule has 0 atom stereocenters. The summed E-state index contributed by atoms with van der Waals surface area (Å²) in [5.74, 6) is -1.22. The Morgan fingerprint density at radius 1 is 1.32 bits per heavy atom. The summed E-state index contributed by atoms with van der Waals surface area (Å²) in [5.41, 5.74) is 0.426. The number of rotatable bonds is 7. The van der Waals surface area contributed by atoms with Gasteiger partial charge in [-0.05, 0) is 40.9 Å². The van der Waals surface area contributed by atoms with Crippen molar-refractivity contribution in [3.63, 3.8) is 0 Å². The van der Waals surface area contributed by atoms with Crippen LogP contribution in [0.25, 0.3) is 0 Å². The van der Waals surface area contributed by atoms with E-state index in [4.69, 9.17) is 4.74 Å². The topological polar surface area (TPSA) is 85.6 Å². The first-order chi connectivity index (χ1) is 12.1. The number of pyridine rings is 1. The van der Waals surface area contributed by atoms with Crippen LogP contribution in [0.1, 0.15) is 18.4 Å². The quantitative estimate of drug-likeness (QED) is 0.569. The van der Waals surface area contributed by atoms with E-state index in [9.17, 15) is 19.3 Å². The molecule has 3 rings (SSSR count). The Morgan fingerprint density at radius 2 is 2.08 bits per heavy atom. The van der Waals surface area contributed by atoms with Crippen molar-refractivity contribution in [1.82, 2.24) is 9.88 Å². The SMILES string of the molecule is O=C(COc1cccnc1[N+](=O)[O-])N(Cc1ccccc1F)C1CC1. The Hall–Kier alpha value is -3.03. The van der Waals surface area contributed by atoms with E-state index in [1.165, 1.54) is 24.4 Å². The molecule has 0 saturated heterocycles. The molecule has 1 aliphatic rings. The number of carbonyl (C=O) groups is 1. The van der Waals surface area contributed by atoms with Gasteiger partial charge in [0.1, 0.15) is 12.0 Å². The van der Waals surface area contributed by atoms with Gasteiger partial charge in [0.2, 0.25) is 5.75 Å². The molecule has 1 saturated carbocycles. The van der Waals surface area contributed by atoms with Gasteiger partial charge in [0, 0.05) is 18.2 Å². The minimum absolute atomic E-state index is 0.0552. The number of amides is 1. The molecule has 0 unspecified atom stereocenters. The van der Waals surface area contributed by atoms with Gasteiger partial charge in [-0.1, -0.05) is 18.2 Å². The van der Waals surface area contributed by atoms with Crippen LogP contribution in [0, 0.1) is 15.9 Å². The summed E-state index contributed by atoms with van der Waals surface area (Å²) >= 11 is 0. The van der Waals surface area contributed by atoms with Gasteiger partial charge in [-0.3, -0.25) is 4.79 Å². The molecule has 1 heterocycles. The Balaban J connectivity index is 1.68. The molecule has 1 aromatic carbocycles.